The molecule has 7 nitrogen and oxygen atoms in total. The maximum atomic E-state index is 13.4. The van der Waals surface area contributed by atoms with Gasteiger partial charge in [0.1, 0.15) is 12.6 Å². The highest BCUT2D eigenvalue weighted by molar-refractivity contribution is 7.92. The molecule has 0 spiro atoms. The number of anilines is 1. The van der Waals surface area contributed by atoms with Crippen LogP contribution in [0, 0.1) is 6.92 Å². The van der Waals surface area contributed by atoms with Crippen LogP contribution in [-0.4, -0.2) is 50.5 Å². The van der Waals surface area contributed by atoms with Crippen LogP contribution in [0.15, 0.2) is 54.6 Å². The molecule has 0 aliphatic rings. The molecule has 0 aromatic heterocycles. The maximum Gasteiger partial charge on any atom is 0.244 e. The summed E-state index contributed by atoms with van der Waals surface area (Å²) in [5.41, 5.74) is 2.32. The third-order valence-electron chi connectivity index (χ3n) is 4.90. The summed E-state index contributed by atoms with van der Waals surface area (Å²) in [6.07, 6.45) is 1.48. The van der Waals surface area contributed by atoms with E-state index in [-0.39, 0.29) is 19.0 Å². The van der Waals surface area contributed by atoms with Crippen LogP contribution in [0.2, 0.25) is 0 Å². The second kappa shape index (κ2) is 10.9. The molecule has 0 saturated carbocycles. The average molecular weight is 446 g/mol. The Labute approximate surface area is 185 Å². The van der Waals surface area contributed by atoms with E-state index in [1.165, 1.54) is 4.90 Å². The molecule has 8 heteroatoms. The Hall–Kier alpha value is -2.87. The standard InChI is InChI=1S/C23H31N3O4S/c1-5-21(23(28)24-6-2)25(16-19-12-10-11-18(3)15-19)22(27)17-26(31(4,29)30)20-13-8-7-9-14-20/h7-15,21H,5-6,16-17H2,1-4H3,(H,24,28). The molecule has 0 fully saturated rings. The molecule has 1 N–H and O–H groups in total. The van der Waals surface area contributed by atoms with Gasteiger partial charge in [-0.3, -0.25) is 13.9 Å². The number of sulfonamides is 1. The van der Waals surface area contributed by atoms with Gasteiger partial charge in [0.25, 0.3) is 0 Å². The van der Waals surface area contributed by atoms with Gasteiger partial charge in [0.15, 0.2) is 0 Å². The van der Waals surface area contributed by atoms with Crippen LogP contribution in [0.5, 0.6) is 0 Å². The van der Waals surface area contributed by atoms with Crippen molar-refractivity contribution in [3.8, 4) is 0 Å². The molecule has 1 atom stereocenters. The predicted molar refractivity (Wildman–Crippen MR) is 123 cm³/mol. The number of hydrogen-bond acceptors (Lipinski definition) is 4. The molecule has 0 aliphatic carbocycles. The van der Waals surface area contributed by atoms with Gasteiger partial charge < -0.3 is 10.2 Å². The van der Waals surface area contributed by atoms with Crippen molar-refractivity contribution in [1.82, 2.24) is 10.2 Å². The van der Waals surface area contributed by atoms with Gasteiger partial charge in [-0.25, -0.2) is 8.42 Å². The lowest BCUT2D eigenvalue weighted by atomic mass is 10.1. The first-order valence-electron chi connectivity index (χ1n) is 10.3. The molecule has 2 amide bonds. The fraction of sp³-hybridized carbons (Fsp3) is 0.391. The van der Waals surface area contributed by atoms with Crippen LogP contribution in [0.3, 0.4) is 0 Å². The number of aryl methyl sites for hydroxylation is 1. The molecule has 0 radical (unpaired) electrons. The van der Waals surface area contributed by atoms with Gasteiger partial charge in [-0.1, -0.05) is 55.0 Å². The molecule has 2 rings (SSSR count). The number of hydrogen-bond donors (Lipinski definition) is 1. The zero-order chi connectivity index (χ0) is 23.0. The molecular weight excluding hydrogens is 414 g/mol. The zero-order valence-corrected chi connectivity index (χ0v) is 19.4. The average Bonchev–Trinajstić information content (AvgIpc) is 2.71. The Morgan fingerprint density at radius 2 is 1.71 bits per heavy atom. The van der Waals surface area contributed by atoms with Gasteiger partial charge in [0.2, 0.25) is 21.8 Å². The minimum atomic E-state index is -3.70. The van der Waals surface area contributed by atoms with E-state index >= 15 is 0 Å². The highest BCUT2D eigenvalue weighted by Crippen LogP contribution is 2.19. The Morgan fingerprint density at radius 1 is 1.03 bits per heavy atom. The number of para-hydroxylation sites is 1. The Morgan fingerprint density at radius 3 is 2.26 bits per heavy atom. The Bertz CT molecular complexity index is 993. The minimum Gasteiger partial charge on any atom is -0.355 e. The summed E-state index contributed by atoms with van der Waals surface area (Å²) in [7, 11) is -3.70. The van der Waals surface area contributed by atoms with E-state index in [9.17, 15) is 18.0 Å². The topological polar surface area (TPSA) is 86.8 Å². The molecule has 0 saturated heterocycles. The third-order valence-corrected chi connectivity index (χ3v) is 6.04. The molecule has 0 aliphatic heterocycles. The predicted octanol–water partition coefficient (Wildman–Crippen LogP) is 2.70. The van der Waals surface area contributed by atoms with Crippen molar-refractivity contribution in [3.63, 3.8) is 0 Å². The number of nitrogens with zero attached hydrogens (tertiary/aromatic N) is 2. The second-order valence-corrected chi connectivity index (χ2v) is 9.34. The number of benzene rings is 2. The largest absolute Gasteiger partial charge is 0.355 e. The summed E-state index contributed by atoms with van der Waals surface area (Å²) in [6, 6.07) is 15.5. The Kier molecular flexibility index (Phi) is 8.62. The van der Waals surface area contributed by atoms with Gasteiger partial charge in [-0.2, -0.15) is 0 Å². The van der Waals surface area contributed by atoms with Crippen LogP contribution >= 0.6 is 0 Å². The summed E-state index contributed by atoms with van der Waals surface area (Å²) in [4.78, 5) is 27.6. The molecule has 0 heterocycles. The van der Waals surface area contributed by atoms with E-state index in [1.807, 2.05) is 45.0 Å². The van der Waals surface area contributed by atoms with Crippen molar-refractivity contribution >= 4 is 27.5 Å². The number of likely N-dealkylation sites (N-methyl/N-ethyl adjacent to an activating group) is 1. The van der Waals surface area contributed by atoms with Gasteiger partial charge in [0.05, 0.1) is 11.9 Å². The normalized spacial score (nSPS) is 12.1. The number of carbonyl (C=O) groups is 2. The zero-order valence-electron chi connectivity index (χ0n) is 18.5. The highest BCUT2D eigenvalue weighted by atomic mass is 32.2. The van der Waals surface area contributed by atoms with E-state index < -0.39 is 22.0 Å². The van der Waals surface area contributed by atoms with Crippen molar-refractivity contribution in [3.05, 3.63) is 65.7 Å². The fourth-order valence-corrected chi connectivity index (χ4v) is 4.28. The molecule has 2 aromatic carbocycles. The first-order chi connectivity index (χ1) is 14.7. The summed E-state index contributed by atoms with van der Waals surface area (Å²) >= 11 is 0. The summed E-state index contributed by atoms with van der Waals surface area (Å²) in [6.45, 7) is 5.88. The fourth-order valence-electron chi connectivity index (χ4n) is 3.43. The first-order valence-corrected chi connectivity index (χ1v) is 12.2. The van der Waals surface area contributed by atoms with Gasteiger partial charge in [0, 0.05) is 13.1 Å². The lowest BCUT2D eigenvalue weighted by molar-refractivity contribution is -0.140. The SMILES string of the molecule is CCNC(=O)C(CC)N(Cc1cccc(C)c1)C(=O)CN(c1ccccc1)S(C)(=O)=O. The van der Waals surface area contributed by atoms with Gasteiger partial charge in [-0.05, 0) is 38.0 Å². The van der Waals surface area contributed by atoms with E-state index in [2.05, 4.69) is 5.32 Å². The summed E-state index contributed by atoms with van der Waals surface area (Å²) in [5, 5.41) is 2.78. The quantitative estimate of drug-likeness (QED) is 0.609. The number of nitrogens with one attached hydrogen (secondary N) is 1. The second-order valence-electron chi connectivity index (χ2n) is 7.43. The van der Waals surface area contributed by atoms with Crippen LogP contribution in [0.4, 0.5) is 5.69 Å². The van der Waals surface area contributed by atoms with Gasteiger partial charge in [-0.15, -0.1) is 0 Å². The van der Waals surface area contributed by atoms with Crippen LogP contribution in [0.25, 0.3) is 0 Å². The maximum absolute atomic E-state index is 13.4. The molecule has 1 unspecified atom stereocenters. The molecular formula is C23H31N3O4S. The Balaban J connectivity index is 2.40. The molecule has 31 heavy (non-hydrogen) atoms. The minimum absolute atomic E-state index is 0.211. The van der Waals surface area contributed by atoms with E-state index in [0.717, 1.165) is 21.7 Å². The monoisotopic (exact) mass is 445 g/mol. The van der Waals surface area contributed by atoms with Crippen LogP contribution < -0.4 is 9.62 Å². The molecule has 0 bridgehead atoms. The van der Waals surface area contributed by atoms with Crippen LogP contribution in [0.1, 0.15) is 31.4 Å². The molecule has 2 aromatic rings. The van der Waals surface area contributed by atoms with Crippen molar-refractivity contribution in [1.29, 1.82) is 0 Å². The van der Waals surface area contributed by atoms with Crippen molar-refractivity contribution < 1.29 is 18.0 Å². The van der Waals surface area contributed by atoms with Crippen LogP contribution in [-0.2, 0) is 26.2 Å². The van der Waals surface area contributed by atoms with Crippen molar-refractivity contribution in [2.24, 2.45) is 0 Å². The van der Waals surface area contributed by atoms with E-state index in [1.54, 1.807) is 30.3 Å². The summed E-state index contributed by atoms with van der Waals surface area (Å²) in [5.74, 6) is -0.689. The van der Waals surface area contributed by atoms with Gasteiger partial charge >= 0.3 is 0 Å². The lowest BCUT2D eigenvalue weighted by Gasteiger charge is -2.32. The number of rotatable bonds is 10. The first kappa shape index (κ1) is 24.4. The lowest BCUT2D eigenvalue weighted by Crippen LogP contribution is -2.52. The molecule has 168 valence electrons. The number of amides is 2. The smallest absolute Gasteiger partial charge is 0.244 e. The number of carbonyl (C=O) groups excluding carboxylic acids is 2. The van der Waals surface area contributed by atoms with Crippen molar-refractivity contribution in [2.75, 3.05) is 23.7 Å². The third kappa shape index (κ3) is 6.82. The van der Waals surface area contributed by atoms with Crippen molar-refractivity contribution in [2.45, 2.75) is 39.8 Å². The summed E-state index contributed by atoms with van der Waals surface area (Å²) < 4.78 is 26.0. The van der Waals surface area contributed by atoms with E-state index in [4.69, 9.17) is 0 Å². The van der Waals surface area contributed by atoms with E-state index in [0.29, 0.717) is 18.7 Å². The highest BCUT2D eigenvalue weighted by Gasteiger charge is 2.31.